The summed E-state index contributed by atoms with van der Waals surface area (Å²) in [5, 5.41) is 0. The van der Waals surface area contributed by atoms with Gasteiger partial charge in [0.05, 0.1) is 18.1 Å². The smallest absolute Gasteiger partial charge is 0.121 e. The molecule has 0 saturated carbocycles. The normalized spacial score (nSPS) is 10.9. The van der Waals surface area contributed by atoms with E-state index in [0.717, 1.165) is 29.0 Å². The number of aromatic nitrogens is 2. The molecule has 0 spiro atoms. The van der Waals surface area contributed by atoms with Crippen molar-refractivity contribution in [1.29, 1.82) is 0 Å². The third-order valence-corrected chi connectivity index (χ3v) is 2.55. The number of imidazole rings is 1. The molecule has 0 radical (unpaired) electrons. The summed E-state index contributed by atoms with van der Waals surface area (Å²) in [5.74, 6) is 1.85. The number of benzene rings is 1. The molecule has 2 rings (SSSR count). The highest BCUT2D eigenvalue weighted by Gasteiger charge is 2.07. The molecular formula is C11H15N3O. The molecule has 2 N–H and O–H groups in total. The van der Waals surface area contributed by atoms with Crippen LogP contribution in [-0.2, 0) is 13.5 Å². The molecule has 1 heterocycles. The lowest BCUT2D eigenvalue weighted by Crippen LogP contribution is -2.07. The van der Waals surface area contributed by atoms with Gasteiger partial charge in [0.2, 0.25) is 0 Å². The fourth-order valence-electron chi connectivity index (χ4n) is 1.71. The highest BCUT2D eigenvalue weighted by molar-refractivity contribution is 5.77. The van der Waals surface area contributed by atoms with Gasteiger partial charge in [0.1, 0.15) is 11.6 Å². The number of hydrogen-bond donors (Lipinski definition) is 1. The minimum atomic E-state index is 0.619. The summed E-state index contributed by atoms with van der Waals surface area (Å²) in [7, 11) is 3.66. The Labute approximate surface area is 88.7 Å². The first kappa shape index (κ1) is 9.98. The molecule has 15 heavy (non-hydrogen) atoms. The maximum Gasteiger partial charge on any atom is 0.121 e. The zero-order valence-electron chi connectivity index (χ0n) is 9.03. The number of fused-ring (bicyclic) bond motifs is 1. The van der Waals surface area contributed by atoms with E-state index in [0.29, 0.717) is 6.54 Å². The minimum Gasteiger partial charge on any atom is -0.497 e. The van der Waals surface area contributed by atoms with E-state index in [9.17, 15) is 0 Å². The minimum absolute atomic E-state index is 0.619. The predicted octanol–water partition coefficient (Wildman–Crippen LogP) is 1.08. The fraction of sp³-hybridized carbons (Fsp3) is 0.364. The van der Waals surface area contributed by atoms with Crippen molar-refractivity contribution in [2.45, 2.75) is 6.42 Å². The molecule has 4 nitrogen and oxygen atoms in total. The monoisotopic (exact) mass is 205 g/mol. The van der Waals surface area contributed by atoms with Crippen molar-refractivity contribution in [2.24, 2.45) is 12.8 Å². The maximum absolute atomic E-state index is 5.53. The Bertz CT molecular complexity index is 476. The molecule has 80 valence electrons. The Morgan fingerprint density at radius 2 is 2.27 bits per heavy atom. The molecule has 0 aliphatic rings. The molecule has 0 amide bonds. The molecule has 0 saturated heterocycles. The first-order valence-corrected chi connectivity index (χ1v) is 4.95. The summed E-state index contributed by atoms with van der Waals surface area (Å²) in [6.45, 7) is 0.619. The summed E-state index contributed by atoms with van der Waals surface area (Å²) in [4.78, 5) is 4.51. The Morgan fingerprint density at radius 3 is 2.93 bits per heavy atom. The van der Waals surface area contributed by atoms with Gasteiger partial charge in [-0.05, 0) is 18.7 Å². The first-order chi connectivity index (χ1) is 7.26. The van der Waals surface area contributed by atoms with Gasteiger partial charge < -0.3 is 15.0 Å². The van der Waals surface area contributed by atoms with Crippen molar-refractivity contribution in [3.05, 3.63) is 24.0 Å². The number of nitrogens with zero attached hydrogens (tertiary/aromatic N) is 2. The van der Waals surface area contributed by atoms with Crippen LogP contribution in [0, 0.1) is 0 Å². The second kappa shape index (κ2) is 3.90. The van der Waals surface area contributed by atoms with Gasteiger partial charge in [-0.1, -0.05) is 0 Å². The number of aryl methyl sites for hydroxylation is 1. The quantitative estimate of drug-likeness (QED) is 0.815. The fourth-order valence-corrected chi connectivity index (χ4v) is 1.71. The molecule has 0 aliphatic carbocycles. The standard InChI is InChI=1S/C11H15N3O/c1-14-10-4-3-8(15-2)7-9(10)13-11(14)5-6-12/h3-4,7H,5-6,12H2,1-2H3. The van der Waals surface area contributed by atoms with E-state index in [-0.39, 0.29) is 0 Å². The van der Waals surface area contributed by atoms with Crippen molar-refractivity contribution >= 4 is 11.0 Å². The topological polar surface area (TPSA) is 53.1 Å². The van der Waals surface area contributed by atoms with E-state index < -0.39 is 0 Å². The Morgan fingerprint density at radius 1 is 1.47 bits per heavy atom. The number of nitrogens with two attached hydrogens (primary N) is 1. The predicted molar refractivity (Wildman–Crippen MR) is 60.0 cm³/mol. The third kappa shape index (κ3) is 1.68. The van der Waals surface area contributed by atoms with Gasteiger partial charge >= 0.3 is 0 Å². The molecule has 1 aromatic carbocycles. The van der Waals surface area contributed by atoms with Gasteiger partial charge in [-0.3, -0.25) is 0 Å². The van der Waals surface area contributed by atoms with Crippen LogP contribution in [0.1, 0.15) is 5.82 Å². The van der Waals surface area contributed by atoms with Crippen molar-refractivity contribution in [1.82, 2.24) is 9.55 Å². The zero-order chi connectivity index (χ0) is 10.8. The lowest BCUT2D eigenvalue weighted by molar-refractivity contribution is 0.415. The summed E-state index contributed by atoms with van der Waals surface area (Å²) < 4.78 is 7.23. The number of rotatable bonds is 3. The van der Waals surface area contributed by atoms with Crippen LogP contribution in [-0.4, -0.2) is 23.2 Å². The SMILES string of the molecule is COc1ccc2c(c1)nc(CCN)n2C. The van der Waals surface area contributed by atoms with E-state index in [4.69, 9.17) is 10.5 Å². The zero-order valence-corrected chi connectivity index (χ0v) is 9.03. The van der Waals surface area contributed by atoms with Gasteiger partial charge in [-0.15, -0.1) is 0 Å². The highest BCUT2D eigenvalue weighted by Crippen LogP contribution is 2.20. The van der Waals surface area contributed by atoms with Gasteiger partial charge in [0, 0.05) is 19.5 Å². The summed E-state index contributed by atoms with van der Waals surface area (Å²) >= 11 is 0. The molecule has 0 bridgehead atoms. The number of ether oxygens (including phenoxy) is 1. The highest BCUT2D eigenvalue weighted by atomic mass is 16.5. The number of hydrogen-bond acceptors (Lipinski definition) is 3. The largest absolute Gasteiger partial charge is 0.497 e. The Hall–Kier alpha value is -1.55. The molecule has 0 atom stereocenters. The van der Waals surface area contributed by atoms with Gasteiger partial charge in [0.15, 0.2) is 0 Å². The third-order valence-electron chi connectivity index (χ3n) is 2.55. The van der Waals surface area contributed by atoms with Crippen LogP contribution in [0.15, 0.2) is 18.2 Å². The van der Waals surface area contributed by atoms with Crippen molar-refractivity contribution < 1.29 is 4.74 Å². The molecule has 2 aromatic rings. The molecule has 4 heteroatoms. The van der Waals surface area contributed by atoms with Crippen LogP contribution in [0.2, 0.25) is 0 Å². The van der Waals surface area contributed by atoms with E-state index in [1.807, 2.05) is 25.2 Å². The van der Waals surface area contributed by atoms with Crippen molar-refractivity contribution in [2.75, 3.05) is 13.7 Å². The van der Waals surface area contributed by atoms with Crippen LogP contribution >= 0.6 is 0 Å². The van der Waals surface area contributed by atoms with E-state index in [1.54, 1.807) is 7.11 Å². The Kier molecular flexibility index (Phi) is 2.60. The van der Waals surface area contributed by atoms with E-state index in [1.165, 1.54) is 0 Å². The summed E-state index contributed by atoms with van der Waals surface area (Å²) in [6, 6.07) is 5.90. The number of methoxy groups -OCH3 is 1. The van der Waals surface area contributed by atoms with Crippen molar-refractivity contribution in [3.8, 4) is 5.75 Å². The van der Waals surface area contributed by atoms with Crippen LogP contribution in [0.25, 0.3) is 11.0 Å². The average molecular weight is 205 g/mol. The van der Waals surface area contributed by atoms with Gasteiger partial charge in [-0.25, -0.2) is 4.98 Å². The van der Waals surface area contributed by atoms with Crippen LogP contribution in [0.5, 0.6) is 5.75 Å². The van der Waals surface area contributed by atoms with Gasteiger partial charge in [-0.2, -0.15) is 0 Å². The van der Waals surface area contributed by atoms with E-state index in [2.05, 4.69) is 9.55 Å². The molecule has 0 aliphatic heterocycles. The van der Waals surface area contributed by atoms with Crippen molar-refractivity contribution in [3.63, 3.8) is 0 Å². The first-order valence-electron chi connectivity index (χ1n) is 4.95. The lowest BCUT2D eigenvalue weighted by atomic mass is 10.3. The van der Waals surface area contributed by atoms with E-state index >= 15 is 0 Å². The Balaban J connectivity index is 2.55. The molecule has 0 unspecified atom stereocenters. The second-order valence-corrected chi connectivity index (χ2v) is 3.48. The van der Waals surface area contributed by atoms with Crippen LogP contribution in [0.3, 0.4) is 0 Å². The van der Waals surface area contributed by atoms with Crippen LogP contribution < -0.4 is 10.5 Å². The average Bonchev–Trinajstić information content (AvgIpc) is 2.56. The van der Waals surface area contributed by atoms with Gasteiger partial charge in [0.25, 0.3) is 0 Å². The molecule has 0 fully saturated rings. The maximum atomic E-state index is 5.53. The second-order valence-electron chi connectivity index (χ2n) is 3.48. The molecular weight excluding hydrogens is 190 g/mol. The summed E-state index contributed by atoms with van der Waals surface area (Å²) in [5.41, 5.74) is 7.60. The molecule has 1 aromatic heterocycles. The lowest BCUT2D eigenvalue weighted by Gasteiger charge is -2.00. The van der Waals surface area contributed by atoms with Crippen LogP contribution in [0.4, 0.5) is 0 Å². The summed E-state index contributed by atoms with van der Waals surface area (Å²) in [6.07, 6.45) is 0.799.